The van der Waals surface area contributed by atoms with Crippen molar-refractivity contribution in [3.05, 3.63) is 29.8 Å². The van der Waals surface area contributed by atoms with Crippen LogP contribution in [0.3, 0.4) is 0 Å². The Morgan fingerprint density at radius 1 is 1.19 bits per heavy atom. The molecule has 0 bridgehead atoms. The second-order valence-electron chi connectivity index (χ2n) is 3.94. The van der Waals surface area contributed by atoms with Crippen molar-refractivity contribution in [3.63, 3.8) is 0 Å². The van der Waals surface area contributed by atoms with Crippen LogP contribution in [0.2, 0.25) is 0 Å². The lowest BCUT2D eigenvalue weighted by Crippen LogP contribution is -2.14. The summed E-state index contributed by atoms with van der Waals surface area (Å²) in [5, 5.41) is 3.20. The van der Waals surface area contributed by atoms with Crippen molar-refractivity contribution < 1.29 is 13.2 Å². The molecule has 0 aromatic heterocycles. The zero-order valence-electron chi connectivity index (χ0n) is 9.43. The van der Waals surface area contributed by atoms with Gasteiger partial charge in [-0.1, -0.05) is 19.1 Å². The molecule has 1 nitrogen and oxygen atoms in total. The topological polar surface area (TPSA) is 12.0 Å². The summed E-state index contributed by atoms with van der Waals surface area (Å²) in [6, 6.07) is 6.73. The van der Waals surface area contributed by atoms with Gasteiger partial charge in [-0.2, -0.15) is 13.2 Å². The van der Waals surface area contributed by atoms with Crippen LogP contribution in [0.4, 0.5) is 18.9 Å². The Morgan fingerprint density at radius 3 is 2.19 bits per heavy atom. The Bertz CT molecular complexity index is 316. The molecule has 1 aromatic rings. The van der Waals surface area contributed by atoms with Crippen LogP contribution in [0.25, 0.3) is 0 Å². The van der Waals surface area contributed by atoms with Gasteiger partial charge in [-0.3, -0.25) is 0 Å². The van der Waals surface area contributed by atoms with Crippen molar-refractivity contribution in [2.45, 2.75) is 38.9 Å². The number of hydrogen-bond donors (Lipinski definition) is 1. The molecule has 0 saturated heterocycles. The number of rotatable bonds is 4. The average Bonchev–Trinajstić information content (AvgIpc) is 2.18. The van der Waals surface area contributed by atoms with Crippen LogP contribution in [0.15, 0.2) is 24.3 Å². The summed E-state index contributed by atoms with van der Waals surface area (Å²) in [5.74, 6) is 0. The second kappa shape index (κ2) is 5.23. The lowest BCUT2D eigenvalue weighted by atomic mass is 10.1. The molecule has 0 aliphatic heterocycles. The van der Waals surface area contributed by atoms with Crippen molar-refractivity contribution in [2.24, 2.45) is 0 Å². The van der Waals surface area contributed by atoms with Crippen molar-refractivity contribution in [1.82, 2.24) is 0 Å². The number of alkyl halides is 3. The van der Waals surface area contributed by atoms with Crippen LogP contribution < -0.4 is 5.32 Å². The van der Waals surface area contributed by atoms with Gasteiger partial charge in [0.1, 0.15) is 0 Å². The van der Waals surface area contributed by atoms with Crippen LogP contribution in [0.5, 0.6) is 0 Å². The lowest BCUT2D eigenvalue weighted by Gasteiger charge is -2.13. The molecule has 0 aliphatic rings. The molecule has 0 amide bonds. The molecular formula is C12H16F3N. The van der Waals surface area contributed by atoms with Crippen LogP contribution in [0, 0.1) is 0 Å². The van der Waals surface area contributed by atoms with E-state index in [-0.39, 0.29) is 0 Å². The lowest BCUT2D eigenvalue weighted by molar-refractivity contribution is -0.127. The van der Waals surface area contributed by atoms with Gasteiger partial charge in [0.05, 0.1) is 6.42 Å². The van der Waals surface area contributed by atoms with Crippen LogP contribution in [0.1, 0.15) is 25.8 Å². The molecule has 0 heterocycles. The standard InChI is InChI=1S/C12H16F3N/c1-3-9(2)16-11-6-4-10(5-7-11)8-12(13,14)15/h4-7,9,16H,3,8H2,1-2H3. The molecule has 0 spiro atoms. The highest BCUT2D eigenvalue weighted by molar-refractivity contribution is 5.45. The summed E-state index contributed by atoms with van der Waals surface area (Å²) >= 11 is 0. The minimum atomic E-state index is -4.13. The number of anilines is 1. The minimum absolute atomic E-state index is 0.294. The summed E-state index contributed by atoms with van der Waals surface area (Å²) in [6.45, 7) is 4.08. The monoisotopic (exact) mass is 231 g/mol. The number of halogens is 3. The van der Waals surface area contributed by atoms with Gasteiger partial charge in [0.2, 0.25) is 0 Å². The first-order valence-corrected chi connectivity index (χ1v) is 5.33. The summed E-state index contributed by atoms with van der Waals surface area (Å²) in [4.78, 5) is 0. The van der Waals surface area contributed by atoms with Gasteiger partial charge in [-0.15, -0.1) is 0 Å². The first kappa shape index (κ1) is 12.9. The highest BCUT2D eigenvalue weighted by Gasteiger charge is 2.27. The normalized spacial score (nSPS) is 13.6. The van der Waals surface area contributed by atoms with E-state index in [2.05, 4.69) is 12.2 Å². The third-order valence-corrected chi connectivity index (χ3v) is 2.38. The second-order valence-corrected chi connectivity index (χ2v) is 3.94. The average molecular weight is 231 g/mol. The summed E-state index contributed by atoms with van der Waals surface area (Å²) in [6.07, 6.45) is -4.02. The molecule has 1 atom stereocenters. The molecule has 4 heteroatoms. The van der Waals surface area contributed by atoms with E-state index < -0.39 is 12.6 Å². The van der Waals surface area contributed by atoms with Crippen molar-refractivity contribution in [1.29, 1.82) is 0 Å². The van der Waals surface area contributed by atoms with Gasteiger partial charge < -0.3 is 5.32 Å². The Labute approximate surface area is 93.7 Å². The quantitative estimate of drug-likeness (QED) is 0.825. The van der Waals surface area contributed by atoms with E-state index in [1.54, 1.807) is 12.1 Å². The van der Waals surface area contributed by atoms with Crippen LogP contribution >= 0.6 is 0 Å². The van der Waals surface area contributed by atoms with Crippen molar-refractivity contribution >= 4 is 5.69 Å². The molecule has 1 N–H and O–H groups in total. The summed E-state index contributed by atoms with van der Waals surface area (Å²) < 4.78 is 36.3. The molecule has 1 unspecified atom stereocenters. The van der Waals surface area contributed by atoms with E-state index in [1.807, 2.05) is 6.92 Å². The molecule has 0 aliphatic carbocycles. The third kappa shape index (κ3) is 4.55. The van der Waals surface area contributed by atoms with E-state index in [0.29, 0.717) is 11.6 Å². The Kier molecular flexibility index (Phi) is 4.21. The van der Waals surface area contributed by atoms with Gasteiger partial charge >= 0.3 is 6.18 Å². The maximum atomic E-state index is 12.1. The highest BCUT2D eigenvalue weighted by Crippen LogP contribution is 2.22. The molecule has 1 rings (SSSR count). The zero-order valence-corrected chi connectivity index (χ0v) is 9.43. The van der Waals surface area contributed by atoms with Crippen LogP contribution in [-0.4, -0.2) is 12.2 Å². The molecule has 0 fully saturated rings. The fourth-order valence-electron chi connectivity index (χ4n) is 1.34. The van der Waals surface area contributed by atoms with Gasteiger partial charge in [0, 0.05) is 11.7 Å². The smallest absolute Gasteiger partial charge is 0.383 e. The number of benzene rings is 1. The van der Waals surface area contributed by atoms with Gasteiger partial charge in [-0.25, -0.2) is 0 Å². The van der Waals surface area contributed by atoms with E-state index in [9.17, 15) is 13.2 Å². The number of hydrogen-bond acceptors (Lipinski definition) is 1. The van der Waals surface area contributed by atoms with Gasteiger partial charge in [-0.05, 0) is 31.0 Å². The van der Waals surface area contributed by atoms with Crippen LogP contribution in [-0.2, 0) is 6.42 Å². The molecule has 90 valence electrons. The highest BCUT2D eigenvalue weighted by atomic mass is 19.4. The molecule has 1 aromatic carbocycles. The van der Waals surface area contributed by atoms with Crippen molar-refractivity contribution in [2.75, 3.05) is 5.32 Å². The maximum absolute atomic E-state index is 12.1. The fraction of sp³-hybridized carbons (Fsp3) is 0.500. The summed E-state index contributed by atoms with van der Waals surface area (Å²) in [5.41, 5.74) is 1.16. The first-order valence-electron chi connectivity index (χ1n) is 5.33. The van der Waals surface area contributed by atoms with Crippen molar-refractivity contribution in [3.8, 4) is 0 Å². The predicted molar refractivity (Wildman–Crippen MR) is 59.6 cm³/mol. The third-order valence-electron chi connectivity index (χ3n) is 2.38. The fourth-order valence-corrected chi connectivity index (χ4v) is 1.34. The van der Waals surface area contributed by atoms with Gasteiger partial charge in [0.15, 0.2) is 0 Å². The zero-order chi connectivity index (χ0) is 12.2. The number of nitrogens with one attached hydrogen (secondary N) is 1. The Morgan fingerprint density at radius 2 is 1.75 bits per heavy atom. The summed E-state index contributed by atoms with van der Waals surface area (Å²) in [7, 11) is 0. The van der Waals surface area contributed by atoms with E-state index >= 15 is 0 Å². The molecular weight excluding hydrogens is 215 g/mol. The largest absolute Gasteiger partial charge is 0.393 e. The van der Waals surface area contributed by atoms with E-state index in [0.717, 1.165) is 12.1 Å². The Balaban J connectivity index is 2.61. The molecule has 0 radical (unpaired) electrons. The maximum Gasteiger partial charge on any atom is 0.393 e. The Hall–Kier alpha value is -1.19. The molecule has 0 saturated carbocycles. The SMILES string of the molecule is CCC(C)Nc1ccc(CC(F)(F)F)cc1. The van der Waals surface area contributed by atoms with E-state index in [4.69, 9.17) is 0 Å². The predicted octanol–water partition coefficient (Wildman–Crippen LogP) is 4.00. The minimum Gasteiger partial charge on any atom is -0.383 e. The van der Waals surface area contributed by atoms with Gasteiger partial charge in [0.25, 0.3) is 0 Å². The molecule has 16 heavy (non-hydrogen) atoms. The van der Waals surface area contributed by atoms with E-state index in [1.165, 1.54) is 12.1 Å². The first-order chi connectivity index (χ1) is 7.40.